The second kappa shape index (κ2) is 7.74. The normalized spacial score (nSPS) is 10.3. The largest absolute Gasteiger partial charge is 0.490 e. The number of benzene rings is 1. The fourth-order valence-corrected chi connectivity index (χ4v) is 2.48. The van der Waals surface area contributed by atoms with Crippen LogP contribution in [-0.2, 0) is 6.42 Å². The lowest BCUT2D eigenvalue weighted by atomic mass is 10.2. The van der Waals surface area contributed by atoms with Crippen molar-refractivity contribution in [1.82, 2.24) is 10.2 Å². The van der Waals surface area contributed by atoms with Crippen molar-refractivity contribution in [3.63, 3.8) is 0 Å². The van der Waals surface area contributed by atoms with Gasteiger partial charge in [0.05, 0.1) is 13.2 Å². The minimum atomic E-state index is -0.247. The van der Waals surface area contributed by atoms with Crippen LogP contribution < -0.4 is 14.8 Å². The summed E-state index contributed by atoms with van der Waals surface area (Å²) in [5.74, 6) is 0.941. The van der Waals surface area contributed by atoms with Crippen LogP contribution in [0, 0.1) is 0 Å². The predicted molar refractivity (Wildman–Crippen MR) is 86.0 cm³/mol. The number of ether oxygens (including phenoxy) is 2. The van der Waals surface area contributed by atoms with Gasteiger partial charge in [-0.2, -0.15) is 0 Å². The third kappa shape index (κ3) is 3.94. The number of carbonyl (C=O) groups is 1. The molecule has 0 saturated heterocycles. The lowest BCUT2D eigenvalue weighted by molar-refractivity contribution is 0.102. The average Bonchev–Trinajstić information content (AvgIpc) is 2.97. The predicted octanol–water partition coefficient (Wildman–Crippen LogP) is 3.15. The SMILES string of the molecule is CCOc1ccc(C(=O)Nc2nnc(CC)s2)cc1OCC. The van der Waals surface area contributed by atoms with Gasteiger partial charge in [0.2, 0.25) is 5.13 Å². The molecule has 0 aliphatic carbocycles. The Hall–Kier alpha value is -2.15. The van der Waals surface area contributed by atoms with Gasteiger partial charge < -0.3 is 9.47 Å². The first-order valence-electron chi connectivity index (χ1n) is 7.21. The molecule has 7 heteroatoms. The smallest absolute Gasteiger partial charge is 0.257 e. The Kier molecular flexibility index (Phi) is 5.71. The highest BCUT2D eigenvalue weighted by atomic mass is 32.1. The van der Waals surface area contributed by atoms with Gasteiger partial charge in [-0.1, -0.05) is 18.3 Å². The second-order valence-corrected chi connectivity index (χ2v) is 5.40. The van der Waals surface area contributed by atoms with Crippen molar-refractivity contribution in [2.75, 3.05) is 18.5 Å². The highest BCUT2D eigenvalue weighted by Gasteiger charge is 2.13. The zero-order valence-corrected chi connectivity index (χ0v) is 13.7. The third-order valence-corrected chi connectivity index (χ3v) is 3.78. The molecule has 118 valence electrons. The first kappa shape index (κ1) is 16.2. The Morgan fingerprint density at radius 3 is 2.50 bits per heavy atom. The van der Waals surface area contributed by atoms with Crippen LogP contribution in [0.15, 0.2) is 18.2 Å². The maximum Gasteiger partial charge on any atom is 0.257 e. The molecule has 22 heavy (non-hydrogen) atoms. The Balaban J connectivity index is 2.16. The van der Waals surface area contributed by atoms with Crippen molar-refractivity contribution in [2.24, 2.45) is 0 Å². The molecule has 0 aliphatic rings. The third-order valence-electron chi connectivity index (χ3n) is 2.80. The molecule has 0 bridgehead atoms. The Labute approximate surface area is 133 Å². The van der Waals surface area contributed by atoms with E-state index in [4.69, 9.17) is 9.47 Å². The molecule has 1 aromatic heterocycles. The number of carbonyl (C=O) groups excluding carboxylic acids is 1. The topological polar surface area (TPSA) is 73.3 Å². The Bertz CT molecular complexity index is 643. The summed E-state index contributed by atoms with van der Waals surface area (Å²) in [4.78, 5) is 12.3. The van der Waals surface area contributed by atoms with E-state index in [9.17, 15) is 4.79 Å². The van der Waals surface area contributed by atoms with Gasteiger partial charge in [-0.05, 0) is 38.5 Å². The molecule has 0 unspecified atom stereocenters. The molecule has 1 N–H and O–H groups in total. The van der Waals surface area contributed by atoms with Gasteiger partial charge in [-0.3, -0.25) is 10.1 Å². The van der Waals surface area contributed by atoms with E-state index < -0.39 is 0 Å². The highest BCUT2D eigenvalue weighted by Crippen LogP contribution is 2.29. The number of hydrogen-bond donors (Lipinski definition) is 1. The summed E-state index contributed by atoms with van der Waals surface area (Å²) in [6, 6.07) is 5.11. The molecule has 0 aliphatic heterocycles. The Morgan fingerprint density at radius 2 is 1.86 bits per heavy atom. The maximum absolute atomic E-state index is 12.3. The van der Waals surface area contributed by atoms with Gasteiger partial charge in [-0.15, -0.1) is 10.2 Å². The number of aryl methyl sites for hydroxylation is 1. The highest BCUT2D eigenvalue weighted by molar-refractivity contribution is 7.15. The van der Waals surface area contributed by atoms with Crippen molar-refractivity contribution in [1.29, 1.82) is 0 Å². The van der Waals surface area contributed by atoms with Crippen LogP contribution in [0.1, 0.15) is 36.1 Å². The average molecular weight is 321 g/mol. The number of amides is 1. The molecule has 0 radical (unpaired) electrons. The number of anilines is 1. The lowest BCUT2D eigenvalue weighted by Gasteiger charge is -2.12. The van der Waals surface area contributed by atoms with Crippen molar-refractivity contribution in [2.45, 2.75) is 27.2 Å². The van der Waals surface area contributed by atoms with Crippen LogP contribution in [0.5, 0.6) is 11.5 Å². The molecule has 2 aromatic rings. The summed E-state index contributed by atoms with van der Waals surface area (Å²) < 4.78 is 11.0. The summed E-state index contributed by atoms with van der Waals surface area (Å²) in [5.41, 5.74) is 0.486. The minimum Gasteiger partial charge on any atom is -0.490 e. The summed E-state index contributed by atoms with van der Waals surface area (Å²) in [7, 11) is 0. The van der Waals surface area contributed by atoms with Crippen molar-refractivity contribution >= 4 is 22.4 Å². The van der Waals surface area contributed by atoms with Crippen molar-refractivity contribution in [3.8, 4) is 11.5 Å². The number of nitrogens with zero attached hydrogens (tertiary/aromatic N) is 2. The fraction of sp³-hybridized carbons (Fsp3) is 0.400. The van der Waals surface area contributed by atoms with Gasteiger partial charge in [0, 0.05) is 5.56 Å². The number of aromatic nitrogens is 2. The summed E-state index contributed by atoms with van der Waals surface area (Å²) >= 11 is 1.37. The molecule has 1 aromatic carbocycles. The summed E-state index contributed by atoms with van der Waals surface area (Å²) in [6.45, 7) is 6.82. The number of rotatable bonds is 7. The molecule has 1 amide bonds. The first-order valence-corrected chi connectivity index (χ1v) is 8.02. The van der Waals surface area contributed by atoms with E-state index in [0.717, 1.165) is 11.4 Å². The number of hydrogen-bond acceptors (Lipinski definition) is 6. The summed E-state index contributed by atoms with van der Waals surface area (Å²) in [6.07, 6.45) is 0.797. The van der Waals surface area contributed by atoms with E-state index in [1.807, 2.05) is 20.8 Å². The molecule has 0 fully saturated rings. The molecule has 0 atom stereocenters. The zero-order chi connectivity index (χ0) is 15.9. The molecule has 6 nitrogen and oxygen atoms in total. The maximum atomic E-state index is 12.3. The second-order valence-electron chi connectivity index (χ2n) is 4.34. The van der Waals surface area contributed by atoms with Gasteiger partial charge in [0.1, 0.15) is 5.01 Å². The van der Waals surface area contributed by atoms with Crippen LogP contribution in [0.3, 0.4) is 0 Å². The van der Waals surface area contributed by atoms with Crippen LogP contribution in [0.2, 0.25) is 0 Å². The van der Waals surface area contributed by atoms with Crippen LogP contribution >= 0.6 is 11.3 Å². The molecular formula is C15H19N3O3S. The van der Waals surface area contributed by atoms with E-state index in [-0.39, 0.29) is 5.91 Å². The van der Waals surface area contributed by atoms with Crippen molar-refractivity contribution < 1.29 is 14.3 Å². The van der Waals surface area contributed by atoms with E-state index in [1.54, 1.807) is 18.2 Å². The quantitative estimate of drug-likeness (QED) is 0.848. The molecule has 2 rings (SSSR count). The van der Waals surface area contributed by atoms with Crippen LogP contribution in [0.4, 0.5) is 5.13 Å². The monoisotopic (exact) mass is 321 g/mol. The molecule has 0 spiro atoms. The van der Waals surface area contributed by atoms with Crippen molar-refractivity contribution in [3.05, 3.63) is 28.8 Å². The van der Waals surface area contributed by atoms with Crippen LogP contribution in [0.25, 0.3) is 0 Å². The summed E-state index contributed by atoms with van der Waals surface area (Å²) in [5, 5.41) is 12.0. The minimum absolute atomic E-state index is 0.247. The first-order chi connectivity index (χ1) is 10.7. The van der Waals surface area contributed by atoms with Gasteiger partial charge in [0.15, 0.2) is 11.5 Å². The van der Waals surface area contributed by atoms with Crippen LogP contribution in [-0.4, -0.2) is 29.3 Å². The van der Waals surface area contributed by atoms with Gasteiger partial charge >= 0.3 is 0 Å². The van der Waals surface area contributed by atoms with Gasteiger partial charge in [0.25, 0.3) is 5.91 Å². The van der Waals surface area contributed by atoms with E-state index in [2.05, 4.69) is 15.5 Å². The number of nitrogens with one attached hydrogen (secondary N) is 1. The Morgan fingerprint density at radius 1 is 1.14 bits per heavy atom. The van der Waals surface area contributed by atoms with E-state index >= 15 is 0 Å². The van der Waals surface area contributed by atoms with Gasteiger partial charge in [-0.25, -0.2) is 0 Å². The zero-order valence-electron chi connectivity index (χ0n) is 12.9. The van der Waals surface area contributed by atoms with E-state index in [1.165, 1.54) is 11.3 Å². The molecule has 1 heterocycles. The molecular weight excluding hydrogens is 302 g/mol. The molecule has 0 saturated carbocycles. The van der Waals surface area contributed by atoms with E-state index in [0.29, 0.717) is 35.4 Å². The standard InChI is InChI=1S/C15H19N3O3S/c1-4-13-17-18-15(22-13)16-14(19)10-7-8-11(20-5-2)12(9-10)21-6-3/h7-9H,4-6H2,1-3H3,(H,16,18,19). The fourth-order valence-electron chi connectivity index (χ4n) is 1.81. The lowest BCUT2D eigenvalue weighted by Crippen LogP contribution is -2.12.